The summed E-state index contributed by atoms with van der Waals surface area (Å²) in [6.07, 6.45) is 0. The van der Waals surface area contributed by atoms with Gasteiger partial charge in [0.2, 0.25) is 0 Å². The smallest absolute Gasteiger partial charge is 0.0827 e. The molecule has 0 N–H and O–H groups in total. The monoisotopic (exact) mass is 277 g/mol. The standard InChI is InChI=1S/C7H4ClNS.C2H5Br/c8-5-2-1-3-6-7(5)10-4-9-6;1-2-3/h1-4H;2H2,1H3. The highest BCUT2D eigenvalue weighted by Crippen LogP contribution is 2.25. The highest BCUT2D eigenvalue weighted by molar-refractivity contribution is 9.09. The number of halogens is 2. The van der Waals surface area contributed by atoms with Crippen molar-refractivity contribution in [2.45, 2.75) is 6.92 Å². The molecule has 70 valence electrons. The fourth-order valence-corrected chi connectivity index (χ4v) is 1.85. The number of rotatable bonds is 0. The highest BCUT2D eigenvalue weighted by Gasteiger charge is 1.98. The van der Waals surface area contributed by atoms with E-state index in [-0.39, 0.29) is 0 Å². The van der Waals surface area contributed by atoms with E-state index in [1.54, 1.807) is 16.8 Å². The molecule has 1 heterocycles. The Hall–Kier alpha value is -0.120. The van der Waals surface area contributed by atoms with Gasteiger partial charge in [-0.25, -0.2) is 4.98 Å². The molecule has 1 aromatic heterocycles. The first kappa shape index (κ1) is 11.0. The summed E-state index contributed by atoms with van der Waals surface area (Å²) in [5.74, 6) is 0. The number of hydrogen-bond acceptors (Lipinski definition) is 2. The second-order valence-corrected chi connectivity index (χ2v) is 4.59. The van der Waals surface area contributed by atoms with Crippen molar-refractivity contribution in [3.63, 3.8) is 0 Å². The Morgan fingerprint density at radius 2 is 2.23 bits per heavy atom. The normalized spacial score (nSPS) is 9.46. The molecule has 0 saturated heterocycles. The maximum Gasteiger partial charge on any atom is 0.0827 e. The van der Waals surface area contributed by atoms with Gasteiger partial charge in [-0.05, 0) is 12.1 Å². The Morgan fingerprint density at radius 1 is 1.54 bits per heavy atom. The summed E-state index contributed by atoms with van der Waals surface area (Å²) < 4.78 is 1.07. The summed E-state index contributed by atoms with van der Waals surface area (Å²) in [5, 5.41) is 1.85. The highest BCUT2D eigenvalue weighted by atomic mass is 79.9. The first-order valence-corrected chi connectivity index (χ1v) is 6.21. The number of thiazole rings is 1. The first-order chi connectivity index (χ1) is 6.29. The maximum atomic E-state index is 5.87. The van der Waals surface area contributed by atoms with Gasteiger partial charge in [0, 0.05) is 5.33 Å². The zero-order valence-electron chi connectivity index (χ0n) is 7.13. The molecule has 13 heavy (non-hydrogen) atoms. The molecule has 0 bridgehead atoms. The van der Waals surface area contributed by atoms with Crippen molar-refractivity contribution < 1.29 is 0 Å². The molecule has 0 radical (unpaired) electrons. The van der Waals surface area contributed by atoms with Gasteiger partial charge in [-0.2, -0.15) is 0 Å². The number of alkyl halides is 1. The van der Waals surface area contributed by atoms with E-state index in [0.29, 0.717) is 0 Å². The molecule has 0 saturated carbocycles. The van der Waals surface area contributed by atoms with Gasteiger partial charge < -0.3 is 0 Å². The Balaban J connectivity index is 0.000000251. The third kappa shape index (κ3) is 2.93. The zero-order chi connectivity index (χ0) is 9.68. The molecule has 4 heteroatoms. The van der Waals surface area contributed by atoms with Crippen LogP contribution in [0.25, 0.3) is 10.2 Å². The summed E-state index contributed by atoms with van der Waals surface area (Å²) >= 11 is 10.6. The minimum absolute atomic E-state index is 0.792. The van der Waals surface area contributed by atoms with Crippen LogP contribution >= 0.6 is 38.9 Å². The lowest BCUT2D eigenvalue weighted by Crippen LogP contribution is -1.65. The average molecular weight is 279 g/mol. The first-order valence-electron chi connectivity index (χ1n) is 3.83. The molecule has 2 aromatic rings. The van der Waals surface area contributed by atoms with Gasteiger partial charge in [-0.3, -0.25) is 0 Å². The molecule has 0 spiro atoms. The van der Waals surface area contributed by atoms with Crippen molar-refractivity contribution in [3.05, 3.63) is 28.7 Å². The van der Waals surface area contributed by atoms with Crippen molar-refractivity contribution in [3.8, 4) is 0 Å². The SMILES string of the molecule is CCBr.Clc1cccc2ncsc12. The molecular weight excluding hydrogens is 270 g/mol. The summed E-state index contributed by atoms with van der Waals surface area (Å²) in [5.41, 5.74) is 2.79. The van der Waals surface area contributed by atoms with Crippen LogP contribution in [0.3, 0.4) is 0 Å². The molecule has 2 rings (SSSR count). The summed E-state index contributed by atoms with van der Waals surface area (Å²) in [6, 6.07) is 5.74. The van der Waals surface area contributed by atoms with Crippen LogP contribution in [0.15, 0.2) is 23.7 Å². The second-order valence-electron chi connectivity index (χ2n) is 2.21. The molecule has 0 amide bonds. The number of aromatic nitrogens is 1. The number of nitrogens with zero attached hydrogens (tertiary/aromatic N) is 1. The van der Waals surface area contributed by atoms with E-state index in [1.807, 2.05) is 25.1 Å². The molecule has 0 aliphatic rings. The minimum Gasteiger partial charge on any atom is -0.245 e. The van der Waals surface area contributed by atoms with E-state index in [4.69, 9.17) is 11.6 Å². The van der Waals surface area contributed by atoms with Gasteiger partial charge >= 0.3 is 0 Å². The van der Waals surface area contributed by atoms with Gasteiger partial charge in [0.1, 0.15) is 0 Å². The molecule has 1 aromatic carbocycles. The largest absolute Gasteiger partial charge is 0.245 e. The number of benzene rings is 1. The van der Waals surface area contributed by atoms with Gasteiger partial charge in [0.25, 0.3) is 0 Å². The van der Waals surface area contributed by atoms with Crippen LogP contribution in [0.5, 0.6) is 0 Å². The Labute approximate surface area is 94.9 Å². The van der Waals surface area contributed by atoms with Crippen LogP contribution in [0.4, 0.5) is 0 Å². The molecule has 0 unspecified atom stereocenters. The third-order valence-corrected chi connectivity index (χ3v) is 2.61. The average Bonchev–Trinajstić information content (AvgIpc) is 2.54. The van der Waals surface area contributed by atoms with Crippen LogP contribution in [0, 0.1) is 0 Å². The van der Waals surface area contributed by atoms with Gasteiger partial charge in [0.15, 0.2) is 0 Å². The van der Waals surface area contributed by atoms with Crippen LogP contribution in [-0.2, 0) is 0 Å². The van der Waals surface area contributed by atoms with Crippen molar-refractivity contribution in [1.82, 2.24) is 4.98 Å². The van der Waals surface area contributed by atoms with Gasteiger partial charge in [0.05, 0.1) is 20.7 Å². The quantitative estimate of drug-likeness (QED) is 0.653. The van der Waals surface area contributed by atoms with Crippen LogP contribution in [0.1, 0.15) is 6.92 Å². The van der Waals surface area contributed by atoms with Gasteiger partial charge in [-0.15, -0.1) is 11.3 Å². The van der Waals surface area contributed by atoms with E-state index >= 15 is 0 Å². The third-order valence-electron chi connectivity index (χ3n) is 1.31. The topological polar surface area (TPSA) is 12.9 Å². The van der Waals surface area contributed by atoms with Crippen molar-refractivity contribution in [1.29, 1.82) is 0 Å². The molecule has 0 fully saturated rings. The van der Waals surface area contributed by atoms with E-state index in [9.17, 15) is 0 Å². The second kappa shape index (κ2) is 5.58. The van der Waals surface area contributed by atoms with E-state index in [0.717, 1.165) is 20.6 Å². The van der Waals surface area contributed by atoms with E-state index in [1.165, 1.54) is 0 Å². The lowest BCUT2D eigenvalue weighted by molar-refractivity contribution is 1.50. The van der Waals surface area contributed by atoms with Crippen LogP contribution in [0.2, 0.25) is 5.02 Å². The van der Waals surface area contributed by atoms with Crippen LogP contribution < -0.4 is 0 Å². The molecule has 0 atom stereocenters. The Kier molecular flexibility index (Phi) is 4.70. The van der Waals surface area contributed by atoms with Crippen molar-refractivity contribution in [2.24, 2.45) is 0 Å². The predicted molar refractivity (Wildman–Crippen MR) is 64.1 cm³/mol. The van der Waals surface area contributed by atoms with Crippen molar-refractivity contribution >= 4 is 49.1 Å². The van der Waals surface area contributed by atoms with Crippen molar-refractivity contribution in [2.75, 3.05) is 5.33 Å². The molecular formula is C9H9BrClNS. The fraction of sp³-hybridized carbons (Fsp3) is 0.222. The molecule has 0 aliphatic heterocycles. The van der Waals surface area contributed by atoms with E-state index in [2.05, 4.69) is 20.9 Å². The zero-order valence-corrected chi connectivity index (χ0v) is 10.3. The Morgan fingerprint density at radius 3 is 2.85 bits per heavy atom. The van der Waals surface area contributed by atoms with Gasteiger partial charge in [-0.1, -0.05) is 40.5 Å². The van der Waals surface area contributed by atoms with E-state index < -0.39 is 0 Å². The molecule has 0 aliphatic carbocycles. The summed E-state index contributed by atoms with van der Waals surface area (Å²) in [4.78, 5) is 4.11. The molecule has 1 nitrogen and oxygen atoms in total. The number of fused-ring (bicyclic) bond motifs is 1. The fourth-order valence-electron chi connectivity index (χ4n) is 0.852. The Bertz CT molecular complexity index is 374. The maximum absolute atomic E-state index is 5.87. The number of hydrogen-bond donors (Lipinski definition) is 0. The van der Waals surface area contributed by atoms with Crippen LogP contribution in [-0.4, -0.2) is 10.3 Å². The minimum atomic E-state index is 0.792. The lowest BCUT2D eigenvalue weighted by Gasteiger charge is -1.87. The summed E-state index contributed by atoms with van der Waals surface area (Å²) in [6.45, 7) is 2.04. The predicted octanol–water partition coefficient (Wildman–Crippen LogP) is 4.35. The summed E-state index contributed by atoms with van der Waals surface area (Å²) in [7, 11) is 0. The lowest BCUT2D eigenvalue weighted by atomic mass is 10.3.